The van der Waals surface area contributed by atoms with E-state index >= 15 is 0 Å². The second-order valence-corrected chi connectivity index (χ2v) is 5.13. The monoisotopic (exact) mass is 258 g/mol. The van der Waals surface area contributed by atoms with Gasteiger partial charge in [0.05, 0.1) is 6.20 Å². The SMILES string of the molecule is Oc1ccc(-c2cnoc2CC2CCCNC2)cc1. The molecule has 2 N–H and O–H groups in total. The molecule has 1 atom stereocenters. The highest BCUT2D eigenvalue weighted by atomic mass is 16.5. The Morgan fingerprint density at radius 2 is 2.16 bits per heavy atom. The number of hydrogen-bond donors (Lipinski definition) is 2. The van der Waals surface area contributed by atoms with Crippen molar-refractivity contribution in [3.05, 3.63) is 36.2 Å². The third kappa shape index (κ3) is 2.79. The van der Waals surface area contributed by atoms with Crippen LogP contribution in [0.3, 0.4) is 0 Å². The number of benzene rings is 1. The lowest BCUT2D eigenvalue weighted by Crippen LogP contribution is -2.30. The van der Waals surface area contributed by atoms with Crippen molar-refractivity contribution in [1.29, 1.82) is 0 Å². The van der Waals surface area contributed by atoms with Crippen molar-refractivity contribution in [2.24, 2.45) is 5.92 Å². The van der Waals surface area contributed by atoms with Gasteiger partial charge in [0.1, 0.15) is 11.5 Å². The Hall–Kier alpha value is -1.81. The van der Waals surface area contributed by atoms with Crippen LogP contribution in [-0.2, 0) is 6.42 Å². The Labute approximate surface area is 112 Å². The lowest BCUT2D eigenvalue weighted by atomic mass is 9.93. The van der Waals surface area contributed by atoms with Gasteiger partial charge >= 0.3 is 0 Å². The lowest BCUT2D eigenvalue weighted by molar-refractivity contribution is 0.321. The number of aromatic hydroxyl groups is 1. The third-order valence-electron chi connectivity index (χ3n) is 3.70. The molecule has 1 aliphatic heterocycles. The maximum atomic E-state index is 9.34. The highest BCUT2D eigenvalue weighted by molar-refractivity contribution is 5.65. The van der Waals surface area contributed by atoms with Crippen molar-refractivity contribution in [2.45, 2.75) is 19.3 Å². The summed E-state index contributed by atoms with van der Waals surface area (Å²) in [6.07, 6.45) is 5.15. The Kier molecular flexibility index (Phi) is 3.51. The predicted octanol–water partition coefficient (Wildman–Crippen LogP) is 2.59. The Morgan fingerprint density at radius 1 is 1.32 bits per heavy atom. The zero-order valence-electron chi connectivity index (χ0n) is 10.8. The van der Waals surface area contributed by atoms with Crippen molar-refractivity contribution in [3.8, 4) is 16.9 Å². The molecule has 1 saturated heterocycles. The number of nitrogens with one attached hydrogen (secondary N) is 1. The first-order valence-corrected chi connectivity index (χ1v) is 6.76. The minimum Gasteiger partial charge on any atom is -0.508 e. The van der Waals surface area contributed by atoms with Crippen molar-refractivity contribution in [1.82, 2.24) is 10.5 Å². The molecule has 0 spiro atoms. The van der Waals surface area contributed by atoms with E-state index in [0.717, 1.165) is 36.4 Å². The second-order valence-electron chi connectivity index (χ2n) is 5.13. The summed E-state index contributed by atoms with van der Waals surface area (Å²) in [5.74, 6) is 1.84. The molecule has 1 aliphatic rings. The van der Waals surface area contributed by atoms with Crippen molar-refractivity contribution in [2.75, 3.05) is 13.1 Å². The number of phenols is 1. The van der Waals surface area contributed by atoms with Gasteiger partial charge in [-0.05, 0) is 49.5 Å². The summed E-state index contributed by atoms with van der Waals surface area (Å²) < 4.78 is 5.41. The van der Waals surface area contributed by atoms with E-state index in [0.29, 0.717) is 5.92 Å². The summed E-state index contributed by atoms with van der Waals surface area (Å²) in [5.41, 5.74) is 2.07. The van der Waals surface area contributed by atoms with E-state index in [9.17, 15) is 5.11 Å². The molecule has 19 heavy (non-hydrogen) atoms. The van der Waals surface area contributed by atoms with Gasteiger partial charge in [-0.15, -0.1) is 0 Å². The maximum absolute atomic E-state index is 9.34. The fourth-order valence-corrected chi connectivity index (χ4v) is 2.65. The topological polar surface area (TPSA) is 58.3 Å². The first kappa shape index (κ1) is 12.2. The van der Waals surface area contributed by atoms with E-state index in [1.165, 1.54) is 12.8 Å². The maximum Gasteiger partial charge on any atom is 0.144 e. The van der Waals surface area contributed by atoms with Gasteiger partial charge in [0.2, 0.25) is 0 Å². The number of piperidine rings is 1. The molecule has 0 amide bonds. The lowest BCUT2D eigenvalue weighted by Gasteiger charge is -2.21. The molecule has 1 aromatic carbocycles. The molecule has 100 valence electrons. The molecule has 2 aromatic rings. The van der Waals surface area contributed by atoms with E-state index in [4.69, 9.17) is 4.52 Å². The van der Waals surface area contributed by atoms with Crippen molar-refractivity contribution in [3.63, 3.8) is 0 Å². The van der Waals surface area contributed by atoms with E-state index in [1.54, 1.807) is 18.3 Å². The average Bonchev–Trinajstić information content (AvgIpc) is 2.89. The first-order valence-electron chi connectivity index (χ1n) is 6.76. The second kappa shape index (κ2) is 5.45. The fraction of sp³-hybridized carbons (Fsp3) is 0.400. The normalized spacial score (nSPS) is 19.5. The van der Waals surface area contributed by atoms with Gasteiger partial charge in [-0.3, -0.25) is 0 Å². The molecular formula is C15H18N2O2. The molecule has 4 heteroatoms. The minimum atomic E-state index is 0.276. The van der Waals surface area contributed by atoms with Gasteiger partial charge in [-0.25, -0.2) is 0 Å². The summed E-state index contributed by atoms with van der Waals surface area (Å²) >= 11 is 0. The van der Waals surface area contributed by atoms with Crippen LogP contribution >= 0.6 is 0 Å². The predicted molar refractivity (Wildman–Crippen MR) is 72.9 cm³/mol. The average molecular weight is 258 g/mol. The molecule has 0 saturated carbocycles. The van der Waals surface area contributed by atoms with Gasteiger partial charge in [0.25, 0.3) is 0 Å². The van der Waals surface area contributed by atoms with Crippen molar-refractivity contribution < 1.29 is 9.63 Å². The smallest absolute Gasteiger partial charge is 0.144 e. The van der Waals surface area contributed by atoms with Crippen LogP contribution in [0.4, 0.5) is 0 Å². The highest BCUT2D eigenvalue weighted by Gasteiger charge is 2.18. The van der Waals surface area contributed by atoms with Crippen LogP contribution < -0.4 is 5.32 Å². The largest absolute Gasteiger partial charge is 0.508 e. The molecule has 1 fully saturated rings. The molecule has 1 aromatic heterocycles. The van der Waals surface area contributed by atoms with Crippen LogP contribution in [0.1, 0.15) is 18.6 Å². The van der Waals surface area contributed by atoms with Gasteiger partial charge in [0, 0.05) is 12.0 Å². The van der Waals surface area contributed by atoms with E-state index in [2.05, 4.69) is 10.5 Å². The number of aromatic nitrogens is 1. The quantitative estimate of drug-likeness (QED) is 0.888. The summed E-state index contributed by atoms with van der Waals surface area (Å²) in [5, 5.41) is 16.7. The number of rotatable bonds is 3. The molecule has 2 heterocycles. The summed E-state index contributed by atoms with van der Waals surface area (Å²) in [4.78, 5) is 0. The number of phenolic OH excluding ortho intramolecular Hbond substituents is 1. The molecular weight excluding hydrogens is 240 g/mol. The Balaban J connectivity index is 1.79. The van der Waals surface area contributed by atoms with Gasteiger partial charge in [-0.1, -0.05) is 17.3 Å². The van der Waals surface area contributed by atoms with Crippen LogP contribution in [0.15, 0.2) is 35.0 Å². The van der Waals surface area contributed by atoms with Crippen LogP contribution in [0.5, 0.6) is 5.75 Å². The van der Waals surface area contributed by atoms with E-state index in [1.807, 2.05) is 12.1 Å². The molecule has 0 aliphatic carbocycles. The number of hydrogen-bond acceptors (Lipinski definition) is 4. The molecule has 0 bridgehead atoms. The third-order valence-corrected chi connectivity index (χ3v) is 3.70. The molecule has 4 nitrogen and oxygen atoms in total. The van der Waals surface area contributed by atoms with Gasteiger partial charge in [0.15, 0.2) is 0 Å². The van der Waals surface area contributed by atoms with Crippen molar-refractivity contribution >= 4 is 0 Å². The standard InChI is InChI=1S/C15H18N2O2/c18-13-5-3-12(4-6-13)14-10-17-19-15(14)8-11-2-1-7-16-9-11/h3-6,10-11,16,18H,1-2,7-9H2. The van der Waals surface area contributed by atoms with Gasteiger partial charge < -0.3 is 14.9 Å². The zero-order chi connectivity index (χ0) is 13.1. The summed E-state index contributed by atoms with van der Waals surface area (Å²) in [6, 6.07) is 7.16. The van der Waals surface area contributed by atoms with E-state index < -0.39 is 0 Å². The molecule has 3 rings (SSSR count). The highest BCUT2D eigenvalue weighted by Crippen LogP contribution is 2.28. The van der Waals surface area contributed by atoms with Crippen LogP contribution in [0.25, 0.3) is 11.1 Å². The van der Waals surface area contributed by atoms with Gasteiger partial charge in [-0.2, -0.15) is 0 Å². The van der Waals surface area contributed by atoms with Crippen LogP contribution in [0, 0.1) is 5.92 Å². The Bertz CT molecular complexity index is 527. The van der Waals surface area contributed by atoms with Crippen LogP contribution in [-0.4, -0.2) is 23.4 Å². The first-order chi connectivity index (χ1) is 9.33. The summed E-state index contributed by atoms with van der Waals surface area (Å²) in [7, 11) is 0. The minimum absolute atomic E-state index is 0.276. The summed E-state index contributed by atoms with van der Waals surface area (Å²) in [6.45, 7) is 2.17. The number of nitrogens with zero attached hydrogens (tertiary/aromatic N) is 1. The Morgan fingerprint density at radius 3 is 2.89 bits per heavy atom. The van der Waals surface area contributed by atoms with Crippen LogP contribution in [0.2, 0.25) is 0 Å². The fourth-order valence-electron chi connectivity index (χ4n) is 2.65. The molecule has 1 unspecified atom stereocenters. The van der Waals surface area contributed by atoms with E-state index in [-0.39, 0.29) is 5.75 Å². The zero-order valence-corrected chi connectivity index (χ0v) is 10.8. The molecule has 0 radical (unpaired) electrons.